The predicted molar refractivity (Wildman–Crippen MR) is 91.3 cm³/mol. The number of hydrogen-bond acceptors (Lipinski definition) is 4. The van der Waals surface area contributed by atoms with Gasteiger partial charge < -0.3 is 10.1 Å². The van der Waals surface area contributed by atoms with Gasteiger partial charge in [0.1, 0.15) is 5.75 Å². The maximum atomic E-state index is 5.47. The van der Waals surface area contributed by atoms with E-state index in [0.717, 1.165) is 10.2 Å². The third-order valence-corrected chi connectivity index (χ3v) is 6.25. The summed E-state index contributed by atoms with van der Waals surface area (Å²) < 4.78 is 7.91. The Balaban J connectivity index is 2.15. The van der Waals surface area contributed by atoms with Crippen molar-refractivity contribution in [3.8, 4) is 5.75 Å². The van der Waals surface area contributed by atoms with Crippen LogP contribution in [0.1, 0.15) is 16.5 Å². The molecule has 2 aromatic heterocycles. The molecule has 3 aromatic rings. The van der Waals surface area contributed by atoms with Crippen molar-refractivity contribution in [2.24, 2.45) is 0 Å². The van der Waals surface area contributed by atoms with Crippen molar-refractivity contribution in [1.82, 2.24) is 5.32 Å². The summed E-state index contributed by atoms with van der Waals surface area (Å²) in [5.41, 5.74) is 1.30. The standard InChI is InChI=1S/C15H14BrNOS2/c1-17-13(15-12(18-2)6-7-19-15)10-8-20-14-9(10)4-3-5-11(14)16/h3-8,13,17H,1-2H3. The van der Waals surface area contributed by atoms with Gasteiger partial charge in [-0.2, -0.15) is 0 Å². The Kier molecular flexibility index (Phi) is 4.12. The molecule has 0 aliphatic carbocycles. The highest BCUT2D eigenvalue weighted by atomic mass is 79.9. The second-order valence-electron chi connectivity index (χ2n) is 4.38. The summed E-state index contributed by atoms with van der Waals surface area (Å²) in [6.45, 7) is 0. The van der Waals surface area contributed by atoms with Gasteiger partial charge in [-0.15, -0.1) is 22.7 Å². The molecule has 2 heterocycles. The molecule has 5 heteroatoms. The maximum Gasteiger partial charge on any atom is 0.134 e. The quantitative estimate of drug-likeness (QED) is 0.696. The molecule has 0 fully saturated rings. The summed E-state index contributed by atoms with van der Waals surface area (Å²) in [5.74, 6) is 0.948. The fourth-order valence-electron chi connectivity index (χ4n) is 2.38. The minimum absolute atomic E-state index is 0.160. The molecule has 0 aliphatic rings. The molecule has 0 spiro atoms. The first-order valence-corrected chi connectivity index (χ1v) is 8.75. The van der Waals surface area contributed by atoms with E-state index in [4.69, 9.17) is 4.74 Å². The Labute approximate surface area is 134 Å². The van der Waals surface area contributed by atoms with Gasteiger partial charge in [-0.25, -0.2) is 0 Å². The molecule has 0 saturated heterocycles. The SMILES string of the molecule is CNC(c1sccc1OC)c1csc2c(Br)cccc12. The fraction of sp³-hybridized carbons (Fsp3) is 0.200. The molecule has 0 radical (unpaired) electrons. The van der Waals surface area contributed by atoms with Crippen LogP contribution in [-0.4, -0.2) is 14.2 Å². The molecule has 1 N–H and O–H groups in total. The van der Waals surface area contributed by atoms with Crippen molar-refractivity contribution >= 4 is 48.7 Å². The molecular weight excluding hydrogens is 354 g/mol. The minimum Gasteiger partial charge on any atom is -0.496 e. The summed E-state index contributed by atoms with van der Waals surface area (Å²) in [7, 11) is 3.71. The molecular formula is C15H14BrNOS2. The second-order valence-corrected chi connectivity index (χ2v) is 7.06. The number of thiophene rings is 2. The largest absolute Gasteiger partial charge is 0.496 e. The smallest absolute Gasteiger partial charge is 0.134 e. The van der Waals surface area contributed by atoms with Gasteiger partial charge in [0, 0.05) is 9.17 Å². The van der Waals surface area contributed by atoms with Crippen molar-refractivity contribution in [3.63, 3.8) is 0 Å². The lowest BCUT2D eigenvalue weighted by atomic mass is 10.0. The summed E-state index contributed by atoms with van der Waals surface area (Å²) in [4.78, 5) is 1.22. The van der Waals surface area contributed by atoms with Crippen LogP contribution >= 0.6 is 38.6 Å². The Bertz CT molecular complexity index is 734. The van der Waals surface area contributed by atoms with Crippen LogP contribution in [-0.2, 0) is 0 Å². The number of ether oxygens (including phenoxy) is 1. The van der Waals surface area contributed by atoms with Crippen molar-refractivity contribution in [2.75, 3.05) is 14.2 Å². The number of methoxy groups -OCH3 is 1. The van der Waals surface area contributed by atoms with Gasteiger partial charge in [0.05, 0.1) is 18.0 Å². The third kappa shape index (κ3) is 2.29. The van der Waals surface area contributed by atoms with E-state index in [1.54, 1.807) is 29.8 Å². The Morgan fingerprint density at radius 3 is 2.85 bits per heavy atom. The monoisotopic (exact) mass is 367 g/mol. The Hall–Kier alpha value is -0.880. The van der Waals surface area contributed by atoms with E-state index >= 15 is 0 Å². The van der Waals surface area contributed by atoms with E-state index in [1.807, 2.05) is 13.1 Å². The molecule has 20 heavy (non-hydrogen) atoms. The predicted octanol–water partition coefficient (Wildman–Crippen LogP) is 5.04. The first-order valence-electron chi connectivity index (χ1n) is 6.20. The van der Waals surface area contributed by atoms with Crippen molar-refractivity contribution in [1.29, 1.82) is 0 Å². The van der Waals surface area contributed by atoms with Crippen molar-refractivity contribution in [2.45, 2.75) is 6.04 Å². The average Bonchev–Trinajstić information content (AvgIpc) is 3.08. The lowest BCUT2D eigenvalue weighted by molar-refractivity contribution is 0.409. The van der Waals surface area contributed by atoms with Gasteiger partial charge in [0.25, 0.3) is 0 Å². The molecule has 3 rings (SSSR count). The second kappa shape index (κ2) is 5.85. The zero-order valence-electron chi connectivity index (χ0n) is 11.1. The van der Waals surface area contributed by atoms with E-state index in [9.17, 15) is 0 Å². The maximum absolute atomic E-state index is 5.47. The van der Waals surface area contributed by atoms with Gasteiger partial charge in [-0.05, 0) is 56.8 Å². The normalized spacial score (nSPS) is 12.8. The molecule has 0 saturated carbocycles. The number of hydrogen-bond donors (Lipinski definition) is 1. The van der Waals surface area contributed by atoms with Crippen LogP contribution in [0.2, 0.25) is 0 Å². The molecule has 0 bridgehead atoms. The van der Waals surface area contributed by atoms with E-state index in [0.29, 0.717) is 0 Å². The van der Waals surface area contributed by atoms with Gasteiger partial charge in [0.15, 0.2) is 0 Å². The zero-order chi connectivity index (χ0) is 14.1. The highest BCUT2D eigenvalue weighted by Gasteiger charge is 2.21. The van der Waals surface area contributed by atoms with Crippen LogP contribution in [0.4, 0.5) is 0 Å². The summed E-state index contributed by atoms with van der Waals surface area (Å²) in [6.07, 6.45) is 0. The molecule has 1 atom stereocenters. The first-order chi connectivity index (χ1) is 9.76. The lowest BCUT2D eigenvalue weighted by Gasteiger charge is -2.16. The van der Waals surface area contributed by atoms with Crippen LogP contribution in [0.25, 0.3) is 10.1 Å². The minimum atomic E-state index is 0.160. The van der Waals surface area contributed by atoms with Crippen LogP contribution in [0.3, 0.4) is 0 Å². The van der Waals surface area contributed by atoms with E-state index < -0.39 is 0 Å². The Morgan fingerprint density at radius 1 is 1.25 bits per heavy atom. The number of fused-ring (bicyclic) bond motifs is 1. The van der Waals surface area contributed by atoms with Crippen LogP contribution in [0.15, 0.2) is 39.5 Å². The summed E-state index contributed by atoms with van der Waals surface area (Å²) >= 11 is 7.12. The highest BCUT2D eigenvalue weighted by molar-refractivity contribution is 9.10. The molecule has 2 nitrogen and oxygen atoms in total. The fourth-order valence-corrected chi connectivity index (χ4v) is 5.02. The highest BCUT2D eigenvalue weighted by Crippen LogP contribution is 2.41. The average molecular weight is 368 g/mol. The lowest BCUT2D eigenvalue weighted by Crippen LogP contribution is -2.16. The Morgan fingerprint density at radius 2 is 2.10 bits per heavy atom. The number of nitrogens with one attached hydrogen (secondary N) is 1. The van der Waals surface area contributed by atoms with Crippen LogP contribution in [0.5, 0.6) is 5.75 Å². The van der Waals surface area contributed by atoms with Crippen LogP contribution < -0.4 is 10.1 Å². The van der Waals surface area contributed by atoms with Gasteiger partial charge in [-0.3, -0.25) is 0 Å². The van der Waals surface area contributed by atoms with E-state index in [2.05, 4.69) is 50.2 Å². The number of halogens is 1. The summed E-state index contributed by atoms with van der Waals surface area (Å²) in [5, 5.41) is 9.01. The van der Waals surface area contributed by atoms with Crippen molar-refractivity contribution in [3.05, 3.63) is 49.9 Å². The molecule has 104 valence electrons. The topological polar surface area (TPSA) is 21.3 Å². The first kappa shape index (κ1) is 14.1. The molecule has 0 aliphatic heterocycles. The molecule has 0 amide bonds. The number of benzene rings is 1. The van der Waals surface area contributed by atoms with E-state index in [1.165, 1.54) is 20.5 Å². The van der Waals surface area contributed by atoms with Gasteiger partial charge >= 0.3 is 0 Å². The van der Waals surface area contributed by atoms with Gasteiger partial charge in [0.2, 0.25) is 0 Å². The molecule has 1 aromatic carbocycles. The zero-order valence-corrected chi connectivity index (χ0v) is 14.4. The third-order valence-electron chi connectivity index (χ3n) is 3.32. The van der Waals surface area contributed by atoms with Crippen LogP contribution in [0, 0.1) is 0 Å². The van der Waals surface area contributed by atoms with Gasteiger partial charge in [-0.1, -0.05) is 12.1 Å². The summed E-state index contributed by atoms with van der Waals surface area (Å²) in [6, 6.07) is 8.53. The number of rotatable bonds is 4. The van der Waals surface area contributed by atoms with E-state index in [-0.39, 0.29) is 6.04 Å². The van der Waals surface area contributed by atoms with Crippen molar-refractivity contribution < 1.29 is 4.74 Å². The molecule has 1 unspecified atom stereocenters.